The molecular formula is C20H20F3N3O5. The third-order valence-corrected chi connectivity index (χ3v) is 4.84. The number of halogens is 3. The number of hydrogen-bond acceptors (Lipinski definition) is 6. The number of anilines is 1. The molecule has 1 heterocycles. The molecule has 0 aromatic heterocycles. The Hall–Kier alpha value is -3.34. The van der Waals surface area contributed by atoms with Crippen molar-refractivity contribution >= 4 is 17.3 Å². The lowest BCUT2D eigenvalue weighted by atomic mass is 10.1. The molecule has 11 heteroatoms. The number of aliphatic hydroxyl groups is 1. The van der Waals surface area contributed by atoms with E-state index in [0.717, 1.165) is 25.0 Å². The lowest BCUT2D eigenvalue weighted by molar-refractivity contribution is -0.384. The van der Waals surface area contributed by atoms with Gasteiger partial charge >= 0.3 is 6.36 Å². The first kappa shape index (κ1) is 22.3. The van der Waals surface area contributed by atoms with Gasteiger partial charge in [-0.15, -0.1) is 13.2 Å². The number of benzene rings is 2. The standard InChI is InChI=1S/C20H20F3N3O5/c21-20(22,23)31-15-6-3-13(4-7-15)18(27)12-24-19(28)14-5-8-16(17(11-14)26(29)30)25-9-1-2-10-25/h3-8,11,18,27H,1-2,9-10,12H2,(H,24,28). The Morgan fingerprint density at radius 3 is 2.42 bits per heavy atom. The zero-order valence-electron chi connectivity index (χ0n) is 16.3. The number of rotatable bonds is 7. The minimum absolute atomic E-state index is 0.0655. The van der Waals surface area contributed by atoms with Crippen molar-refractivity contribution in [3.8, 4) is 5.75 Å². The first-order valence-electron chi connectivity index (χ1n) is 9.49. The van der Waals surface area contributed by atoms with E-state index in [-0.39, 0.29) is 23.4 Å². The summed E-state index contributed by atoms with van der Waals surface area (Å²) in [6.45, 7) is 1.19. The van der Waals surface area contributed by atoms with Crippen LogP contribution in [0.25, 0.3) is 0 Å². The average Bonchev–Trinajstić information content (AvgIpc) is 3.25. The van der Waals surface area contributed by atoms with Gasteiger partial charge in [-0.25, -0.2) is 0 Å². The fourth-order valence-corrected chi connectivity index (χ4v) is 3.34. The van der Waals surface area contributed by atoms with Gasteiger partial charge in [0.25, 0.3) is 11.6 Å². The summed E-state index contributed by atoms with van der Waals surface area (Å²) in [7, 11) is 0. The second-order valence-electron chi connectivity index (χ2n) is 7.00. The fourth-order valence-electron chi connectivity index (χ4n) is 3.34. The molecule has 1 aliphatic heterocycles. The van der Waals surface area contributed by atoms with Crippen molar-refractivity contribution in [1.29, 1.82) is 0 Å². The Morgan fingerprint density at radius 1 is 1.19 bits per heavy atom. The van der Waals surface area contributed by atoms with Crippen LogP contribution in [0, 0.1) is 10.1 Å². The number of nitrogens with one attached hydrogen (secondary N) is 1. The Balaban J connectivity index is 1.63. The minimum atomic E-state index is -4.82. The monoisotopic (exact) mass is 439 g/mol. The molecule has 0 saturated carbocycles. The maximum Gasteiger partial charge on any atom is 0.573 e. The second-order valence-corrected chi connectivity index (χ2v) is 7.00. The number of nitro benzene ring substituents is 1. The number of carbonyl (C=O) groups is 1. The summed E-state index contributed by atoms with van der Waals surface area (Å²) in [6, 6.07) is 8.79. The van der Waals surface area contributed by atoms with E-state index in [1.54, 1.807) is 0 Å². The molecule has 2 aromatic carbocycles. The van der Waals surface area contributed by atoms with Gasteiger partial charge < -0.3 is 20.1 Å². The maximum atomic E-state index is 12.4. The number of nitro groups is 1. The van der Waals surface area contributed by atoms with Crippen LogP contribution < -0.4 is 15.0 Å². The molecule has 2 aromatic rings. The number of ether oxygens (including phenoxy) is 1. The third-order valence-electron chi connectivity index (χ3n) is 4.84. The molecule has 1 amide bonds. The van der Waals surface area contributed by atoms with E-state index in [1.807, 2.05) is 4.90 Å². The van der Waals surface area contributed by atoms with E-state index in [1.165, 1.54) is 30.3 Å². The molecule has 1 unspecified atom stereocenters. The van der Waals surface area contributed by atoms with E-state index >= 15 is 0 Å². The van der Waals surface area contributed by atoms with Crippen LogP contribution in [0.15, 0.2) is 42.5 Å². The zero-order chi connectivity index (χ0) is 22.6. The van der Waals surface area contributed by atoms with Crippen molar-refractivity contribution in [3.05, 3.63) is 63.7 Å². The van der Waals surface area contributed by atoms with Gasteiger partial charge in [-0.05, 0) is 42.7 Å². The number of alkyl halides is 3. The quantitative estimate of drug-likeness (QED) is 0.505. The van der Waals surface area contributed by atoms with Gasteiger partial charge in [0.1, 0.15) is 11.4 Å². The van der Waals surface area contributed by atoms with Crippen molar-refractivity contribution in [2.24, 2.45) is 0 Å². The summed E-state index contributed by atoms with van der Waals surface area (Å²) in [5.41, 5.74) is 0.622. The SMILES string of the molecule is O=C(NCC(O)c1ccc(OC(F)(F)F)cc1)c1ccc(N2CCCC2)c([N+](=O)[O-])c1. The molecule has 3 rings (SSSR count). The smallest absolute Gasteiger partial charge is 0.406 e. The van der Waals surface area contributed by atoms with Gasteiger partial charge in [-0.2, -0.15) is 0 Å². The Kier molecular flexibility index (Phi) is 6.64. The molecule has 166 valence electrons. The first-order valence-corrected chi connectivity index (χ1v) is 9.49. The van der Waals surface area contributed by atoms with E-state index in [0.29, 0.717) is 18.8 Å². The molecule has 1 saturated heterocycles. The highest BCUT2D eigenvalue weighted by atomic mass is 19.4. The molecule has 0 spiro atoms. The highest BCUT2D eigenvalue weighted by Crippen LogP contribution is 2.31. The molecular weight excluding hydrogens is 419 g/mol. The second kappa shape index (κ2) is 9.21. The number of hydrogen-bond donors (Lipinski definition) is 2. The number of amides is 1. The molecule has 31 heavy (non-hydrogen) atoms. The van der Waals surface area contributed by atoms with Gasteiger partial charge in [0, 0.05) is 31.3 Å². The molecule has 0 bridgehead atoms. The van der Waals surface area contributed by atoms with Gasteiger partial charge in [-0.1, -0.05) is 12.1 Å². The van der Waals surface area contributed by atoms with Crippen LogP contribution in [0.1, 0.15) is 34.9 Å². The van der Waals surface area contributed by atoms with Crippen molar-refractivity contribution in [1.82, 2.24) is 5.32 Å². The lowest BCUT2D eigenvalue weighted by Gasteiger charge is -2.18. The maximum absolute atomic E-state index is 12.4. The van der Waals surface area contributed by atoms with Crippen molar-refractivity contribution < 1.29 is 32.7 Å². The fraction of sp³-hybridized carbons (Fsp3) is 0.350. The van der Waals surface area contributed by atoms with Gasteiger partial charge in [-0.3, -0.25) is 14.9 Å². The Labute approximate surface area is 175 Å². The summed E-state index contributed by atoms with van der Waals surface area (Å²) in [4.78, 5) is 25.2. The molecule has 0 radical (unpaired) electrons. The average molecular weight is 439 g/mol. The van der Waals surface area contributed by atoms with Crippen molar-refractivity contribution in [3.63, 3.8) is 0 Å². The predicted molar refractivity (Wildman–Crippen MR) is 105 cm³/mol. The van der Waals surface area contributed by atoms with E-state index in [4.69, 9.17) is 0 Å². The third kappa shape index (κ3) is 5.85. The zero-order valence-corrected chi connectivity index (χ0v) is 16.3. The summed E-state index contributed by atoms with van der Waals surface area (Å²) in [5.74, 6) is -1.05. The lowest BCUT2D eigenvalue weighted by Crippen LogP contribution is -2.28. The van der Waals surface area contributed by atoms with Crippen molar-refractivity contribution in [2.75, 3.05) is 24.5 Å². The van der Waals surface area contributed by atoms with Gasteiger partial charge in [0.05, 0.1) is 11.0 Å². The summed E-state index contributed by atoms with van der Waals surface area (Å²) >= 11 is 0. The highest BCUT2D eigenvalue weighted by Gasteiger charge is 2.31. The van der Waals surface area contributed by atoms with E-state index in [2.05, 4.69) is 10.1 Å². The topological polar surface area (TPSA) is 105 Å². The first-order chi connectivity index (χ1) is 14.6. The molecule has 0 aliphatic carbocycles. The number of aliphatic hydroxyl groups excluding tert-OH is 1. The highest BCUT2D eigenvalue weighted by molar-refractivity contribution is 5.95. The van der Waals surface area contributed by atoms with E-state index in [9.17, 15) is 33.2 Å². The molecule has 1 atom stereocenters. The summed E-state index contributed by atoms with van der Waals surface area (Å²) in [5, 5.41) is 24.1. The van der Waals surface area contributed by atoms with Crippen LogP contribution in [-0.4, -0.2) is 41.9 Å². The van der Waals surface area contributed by atoms with Crippen LogP contribution in [0.5, 0.6) is 5.75 Å². The summed E-state index contributed by atoms with van der Waals surface area (Å²) < 4.78 is 40.4. The largest absolute Gasteiger partial charge is 0.573 e. The van der Waals surface area contributed by atoms with Crippen LogP contribution in [0.2, 0.25) is 0 Å². The van der Waals surface area contributed by atoms with Crippen LogP contribution in [0.3, 0.4) is 0 Å². The van der Waals surface area contributed by atoms with Gasteiger partial charge in [0.2, 0.25) is 0 Å². The molecule has 1 fully saturated rings. The van der Waals surface area contributed by atoms with Gasteiger partial charge in [0.15, 0.2) is 0 Å². The Bertz CT molecular complexity index is 944. The normalized spacial score (nSPS) is 14.9. The van der Waals surface area contributed by atoms with E-state index < -0.39 is 29.0 Å². The molecule has 2 N–H and O–H groups in total. The molecule has 1 aliphatic rings. The predicted octanol–water partition coefficient (Wildman–Crippen LogP) is 3.56. The Morgan fingerprint density at radius 2 is 1.84 bits per heavy atom. The number of nitrogens with zero attached hydrogens (tertiary/aromatic N) is 2. The van der Waals surface area contributed by atoms with Crippen LogP contribution in [0.4, 0.5) is 24.5 Å². The minimum Gasteiger partial charge on any atom is -0.406 e. The van der Waals surface area contributed by atoms with Crippen LogP contribution >= 0.6 is 0 Å². The van der Waals surface area contributed by atoms with Crippen LogP contribution in [-0.2, 0) is 0 Å². The molecule has 8 nitrogen and oxygen atoms in total. The number of carbonyl (C=O) groups excluding carboxylic acids is 1. The van der Waals surface area contributed by atoms with Crippen molar-refractivity contribution in [2.45, 2.75) is 25.3 Å². The summed E-state index contributed by atoms with van der Waals surface area (Å²) in [6.07, 6.45) is -4.12.